The van der Waals surface area contributed by atoms with Crippen LogP contribution in [-0.4, -0.2) is 30.7 Å². The molecule has 7 heteroatoms. The average Bonchev–Trinajstić information content (AvgIpc) is 2.76. The first-order valence-electron chi connectivity index (χ1n) is 10.4. The monoisotopic (exact) mass is 448 g/mol. The number of nitrogens with zero attached hydrogens (tertiary/aromatic N) is 2. The number of ether oxygens (including phenoxy) is 1. The number of nitrogens with two attached hydrogens (primary N) is 1. The van der Waals surface area contributed by atoms with Crippen LogP contribution < -0.4 is 16.6 Å². The van der Waals surface area contributed by atoms with E-state index in [9.17, 15) is 4.79 Å². The molecular formula is C25H25ClN4O2. The third kappa shape index (κ3) is 4.07. The number of nitrogen functional groups attached to an aromatic ring is 1. The molecule has 1 aliphatic heterocycles. The first kappa shape index (κ1) is 21.9. The Hall–Kier alpha value is -3.35. The standard InChI is InChI=1S/C25H25ClN4O2/c1-4-32-23-11-15(2)20-13-21(16-5-10-22(27)17(12-16)14-28-3)25(31)30(24(20)29-23)19-8-6-18(26)7-9-19/h5-14,23,29H,4,27H2,1-3H3. The molecule has 4 rings (SSSR count). The van der Waals surface area contributed by atoms with Gasteiger partial charge in [0.05, 0.1) is 5.69 Å². The van der Waals surface area contributed by atoms with Crippen molar-refractivity contribution in [1.82, 2.24) is 4.57 Å². The molecular weight excluding hydrogens is 424 g/mol. The zero-order chi connectivity index (χ0) is 22.8. The van der Waals surface area contributed by atoms with Crippen LogP contribution in [0.4, 0.5) is 11.5 Å². The minimum absolute atomic E-state index is 0.160. The van der Waals surface area contributed by atoms with Crippen molar-refractivity contribution in [3.63, 3.8) is 0 Å². The van der Waals surface area contributed by atoms with Crippen molar-refractivity contribution < 1.29 is 4.74 Å². The van der Waals surface area contributed by atoms with E-state index in [0.29, 0.717) is 34.4 Å². The van der Waals surface area contributed by atoms with Gasteiger partial charge in [-0.1, -0.05) is 17.7 Å². The molecule has 1 atom stereocenters. The Bertz CT molecular complexity index is 1280. The molecule has 2 heterocycles. The van der Waals surface area contributed by atoms with Crippen LogP contribution in [0.1, 0.15) is 25.0 Å². The minimum atomic E-state index is -0.319. The Morgan fingerprint density at radius 1 is 1.19 bits per heavy atom. The van der Waals surface area contributed by atoms with Crippen LogP contribution in [0.25, 0.3) is 22.4 Å². The van der Waals surface area contributed by atoms with Gasteiger partial charge in [-0.15, -0.1) is 0 Å². The smallest absolute Gasteiger partial charge is 0.264 e. The fraction of sp³-hybridized carbons (Fsp3) is 0.200. The molecule has 0 bridgehead atoms. The lowest BCUT2D eigenvalue weighted by molar-refractivity contribution is 0.114. The lowest BCUT2D eigenvalue weighted by atomic mass is 9.97. The van der Waals surface area contributed by atoms with Crippen LogP contribution in [0, 0.1) is 0 Å². The second-order valence-corrected chi connectivity index (χ2v) is 7.97. The van der Waals surface area contributed by atoms with Gasteiger partial charge in [0.2, 0.25) is 0 Å². The molecule has 0 saturated heterocycles. The summed E-state index contributed by atoms with van der Waals surface area (Å²) in [5.41, 5.74) is 11.3. The quantitative estimate of drug-likeness (QED) is 0.426. The summed E-state index contributed by atoms with van der Waals surface area (Å²) in [6.07, 6.45) is 3.39. The van der Waals surface area contributed by atoms with E-state index >= 15 is 0 Å². The number of allylic oxidation sites excluding steroid dienone is 1. The number of aliphatic imine (C=N–C) groups is 1. The maximum atomic E-state index is 13.8. The number of halogens is 1. The van der Waals surface area contributed by atoms with Crippen molar-refractivity contribution in [2.24, 2.45) is 4.99 Å². The van der Waals surface area contributed by atoms with E-state index in [4.69, 9.17) is 22.1 Å². The number of hydrogen-bond donors (Lipinski definition) is 2. The van der Waals surface area contributed by atoms with Crippen LogP contribution in [0.2, 0.25) is 5.02 Å². The molecule has 32 heavy (non-hydrogen) atoms. The highest BCUT2D eigenvalue weighted by atomic mass is 35.5. The van der Waals surface area contributed by atoms with Gasteiger partial charge in [0.25, 0.3) is 5.56 Å². The van der Waals surface area contributed by atoms with Gasteiger partial charge in [-0.3, -0.25) is 14.4 Å². The summed E-state index contributed by atoms with van der Waals surface area (Å²) in [6.45, 7) is 4.51. The van der Waals surface area contributed by atoms with Crippen LogP contribution in [0.3, 0.4) is 0 Å². The number of benzene rings is 2. The Morgan fingerprint density at radius 3 is 2.62 bits per heavy atom. The number of aromatic nitrogens is 1. The zero-order valence-corrected chi connectivity index (χ0v) is 19.0. The predicted molar refractivity (Wildman–Crippen MR) is 133 cm³/mol. The maximum absolute atomic E-state index is 13.8. The first-order chi connectivity index (χ1) is 15.4. The Balaban J connectivity index is 2.00. The van der Waals surface area contributed by atoms with Gasteiger partial charge in [0.1, 0.15) is 12.0 Å². The molecule has 0 amide bonds. The lowest BCUT2D eigenvalue weighted by Crippen LogP contribution is -2.32. The molecule has 6 nitrogen and oxygen atoms in total. The second kappa shape index (κ2) is 9.02. The number of anilines is 2. The molecule has 164 valence electrons. The fourth-order valence-corrected chi connectivity index (χ4v) is 3.98. The summed E-state index contributed by atoms with van der Waals surface area (Å²) in [5, 5.41) is 3.96. The predicted octanol–water partition coefficient (Wildman–Crippen LogP) is 4.98. The topological polar surface area (TPSA) is 81.6 Å². The highest BCUT2D eigenvalue weighted by Gasteiger charge is 2.24. The average molecular weight is 449 g/mol. The van der Waals surface area contributed by atoms with Gasteiger partial charge < -0.3 is 15.8 Å². The molecule has 0 spiro atoms. The minimum Gasteiger partial charge on any atom is -0.398 e. The van der Waals surface area contributed by atoms with Crippen molar-refractivity contribution >= 4 is 34.9 Å². The maximum Gasteiger partial charge on any atom is 0.264 e. The van der Waals surface area contributed by atoms with Gasteiger partial charge in [-0.2, -0.15) is 0 Å². The van der Waals surface area contributed by atoms with Gasteiger partial charge in [0.15, 0.2) is 0 Å². The molecule has 2 aromatic carbocycles. The van der Waals surface area contributed by atoms with Crippen molar-refractivity contribution in [2.45, 2.75) is 20.1 Å². The van der Waals surface area contributed by atoms with E-state index < -0.39 is 0 Å². The fourth-order valence-electron chi connectivity index (χ4n) is 3.86. The molecule has 0 aliphatic carbocycles. The largest absolute Gasteiger partial charge is 0.398 e. The molecule has 0 radical (unpaired) electrons. The summed E-state index contributed by atoms with van der Waals surface area (Å²) in [5.74, 6) is 0.685. The molecule has 0 fully saturated rings. The summed E-state index contributed by atoms with van der Waals surface area (Å²) in [7, 11) is 1.69. The SMILES string of the molecule is CCOC1C=C(C)c2cc(-c3ccc(N)c(C=NC)c3)c(=O)n(-c3ccc(Cl)cc3)c2N1. The zero-order valence-electron chi connectivity index (χ0n) is 18.2. The normalized spacial score (nSPS) is 15.4. The van der Waals surface area contributed by atoms with E-state index in [1.807, 2.05) is 50.3 Å². The Morgan fingerprint density at radius 2 is 1.94 bits per heavy atom. The molecule has 3 N–H and O–H groups in total. The highest BCUT2D eigenvalue weighted by Crippen LogP contribution is 2.34. The molecule has 1 aromatic heterocycles. The van der Waals surface area contributed by atoms with E-state index in [0.717, 1.165) is 22.3 Å². The Labute approximate surface area is 192 Å². The van der Waals surface area contributed by atoms with E-state index in [1.54, 1.807) is 36.0 Å². The summed E-state index contributed by atoms with van der Waals surface area (Å²) in [6, 6.07) is 14.7. The van der Waals surface area contributed by atoms with Gasteiger partial charge >= 0.3 is 0 Å². The van der Waals surface area contributed by atoms with E-state index in [-0.39, 0.29) is 11.8 Å². The summed E-state index contributed by atoms with van der Waals surface area (Å²) >= 11 is 6.10. The van der Waals surface area contributed by atoms with Crippen LogP contribution >= 0.6 is 11.6 Å². The molecule has 1 aliphatic rings. The van der Waals surface area contributed by atoms with Gasteiger partial charge in [0, 0.05) is 47.3 Å². The van der Waals surface area contributed by atoms with Gasteiger partial charge in [-0.25, -0.2) is 0 Å². The lowest BCUT2D eigenvalue weighted by Gasteiger charge is -2.28. The second-order valence-electron chi connectivity index (χ2n) is 7.54. The molecule has 3 aromatic rings. The summed E-state index contributed by atoms with van der Waals surface area (Å²) in [4.78, 5) is 17.9. The number of pyridine rings is 1. The number of fused-ring (bicyclic) bond motifs is 1. The summed E-state index contributed by atoms with van der Waals surface area (Å²) < 4.78 is 7.45. The van der Waals surface area contributed by atoms with E-state index in [1.165, 1.54) is 0 Å². The molecule has 1 unspecified atom stereocenters. The molecule has 0 saturated carbocycles. The van der Waals surface area contributed by atoms with Crippen LogP contribution in [0.5, 0.6) is 0 Å². The highest BCUT2D eigenvalue weighted by molar-refractivity contribution is 6.30. The van der Waals surface area contributed by atoms with Crippen molar-refractivity contribution in [2.75, 3.05) is 24.7 Å². The number of rotatable bonds is 5. The number of nitrogens with one attached hydrogen (secondary N) is 1. The Kier molecular flexibility index (Phi) is 6.17. The third-order valence-electron chi connectivity index (χ3n) is 5.40. The van der Waals surface area contributed by atoms with Crippen molar-refractivity contribution in [3.8, 4) is 16.8 Å². The van der Waals surface area contributed by atoms with Crippen LogP contribution in [-0.2, 0) is 4.74 Å². The van der Waals surface area contributed by atoms with Crippen LogP contribution in [0.15, 0.2) is 64.4 Å². The first-order valence-corrected chi connectivity index (χ1v) is 10.8. The number of hydrogen-bond acceptors (Lipinski definition) is 5. The van der Waals surface area contributed by atoms with E-state index in [2.05, 4.69) is 10.3 Å². The van der Waals surface area contributed by atoms with Crippen molar-refractivity contribution in [1.29, 1.82) is 0 Å². The third-order valence-corrected chi connectivity index (χ3v) is 5.66. The van der Waals surface area contributed by atoms with Gasteiger partial charge in [-0.05, 0) is 73.5 Å². The van der Waals surface area contributed by atoms with Crippen molar-refractivity contribution in [3.05, 3.63) is 81.1 Å².